The van der Waals surface area contributed by atoms with E-state index in [1.807, 2.05) is 0 Å². The molecule has 1 aliphatic rings. The van der Waals surface area contributed by atoms with Crippen LogP contribution in [0.2, 0.25) is 0 Å². The van der Waals surface area contributed by atoms with Gasteiger partial charge in [0.2, 0.25) is 0 Å². The van der Waals surface area contributed by atoms with Gasteiger partial charge in [0.05, 0.1) is 35.6 Å². The van der Waals surface area contributed by atoms with Crippen LogP contribution in [-0.2, 0) is 9.53 Å². The molecule has 0 radical (unpaired) electrons. The third-order valence-electron chi connectivity index (χ3n) is 5.52. The number of nitrogens with zero attached hydrogens (tertiary/aromatic N) is 2. The van der Waals surface area contributed by atoms with Crippen LogP contribution >= 0.6 is 11.3 Å². The standard InChI is InChI=1S/C27H23FN2O5S/c1-5-14-35-24-18(8-7-9-20(24)33-4)15-21-25(31)30-23(17-10-12-19(28)13-11-17)22(26(32)34-6-2)16(3)29-27(30)36-21/h1,7-13,15,23H,6,14H2,2-4H3/b21-15-/t23-/m1/s1. The topological polar surface area (TPSA) is 79.1 Å². The third kappa shape index (κ3) is 4.68. The monoisotopic (exact) mass is 506 g/mol. The summed E-state index contributed by atoms with van der Waals surface area (Å²) in [6.07, 6.45) is 7.03. The summed E-state index contributed by atoms with van der Waals surface area (Å²) in [6, 6.07) is 10.1. The summed E-state index contributed by atoms with van der Waals surface area (Å²) < 4.78 is 31.8. The van der Waals surface area contributed by atoms with E-state index >= 15 is 0 Å². The Kier molecular flexibility index (Phi) is 7.36. The van der Waals surface area contributed by atoms with Crippen molar-refractivity contribution in [3.8, 4) is 23.8 Å². The van der Waals surface area contributed by atoms with Crippen molar-refractivity contribution in [3.05, 3.63) is 90.4 Å². The molecule has 0 amide bonds. The van der Waals surface area contributed by atoms with E-state index in [1.54, 1.807) is 50.3 Å². The van der Waals surface area contributed by atoms with E-state index < -0.39 is 17.8 Å². The number of hydrogen-bond acceptors (Lipinski definition) is 7. The van der Waals surface area contributed by atoms with Crippen molar-refractivity contribution in [1.29, 1.82) is 0 Å². The summed E-state index contributed by atoms with van der Waals surface area (Å²) in [6.45, 7) is 3.57. The lowest BCUT2D eigenvalue weighted by Crippen LogP contribution is -2.39. The first-order valence-corrected chi connectivity index (χ1v) is 11.9. The van der Waals surface area contributed by atoms with E-state index in [4.69, 9.17) is 20.6 Å². The fourth-order valence-electron chi connectivity index (χ4n) is 3.97. The van der Waals surface area contributed by atoms with E-state index in [9.17, 15) is 14.0 Å². The minimum Gasteiger partial charge on any atom is -0.493 e. The van der Waals surface area contributed by atoms with Gasteiger partial charge in [0.25, 0.3) is 5.56 Å². The van der Waals surface area contributed by atoms with Crippen molar-refractivity contribution < 1.29 is 23.4 Å². The zero-order chi connectivity index (χ0) is 25.8. The summed E-state index contributed by atoms with van der Waals surface area (Å²) >= 11 is 1.17. The number of ether oxygens (including phenoxy) is 3. The first-order chi connectivity index (χ1) is 17.4. The van der Waals surface area contributed by atoms with E-state index in [1.165, 1.54) is 35.1 Å². The number of hydrogen-bond donors (Lipinski definition) is 0. The van der Waals surface area contributed by atoms with Crippen LogP contribution in [0.4, 0.5) is 4.39 Å². The van der Waals surface area contributed by atoms with Crippen molar-refractivity contribution in [2.75, 3.05) is 20.3 Å². The number of thiazole rings is 1. The molecule has 1 aliphatic heterocycles. The molecular weight excluding hydrogens is 483 g/mol. The molecule has 184 valence electrons. The fourth-order valence-corrected chi connectivity index (χ4v) is 5.01. The van der Waals surface area contributed by atoms with Crippen LogP contribution in [0.1, 0.15) is 31.0 Å². The van der Waals surface area contributed by atoms with Crippen LogP contribution in [-0.4, -0.2) is 30.9 Å². The summed E-state index contributed by atoms with van der Waals surface area (Å²) in [5.41, 5.74) is 1.43. The Morgan fingerprint density at radius 3 is 2.69 bits per heavy atom. The Bertz CT molecular complexity index is 1560. The maximum Gasteiger partial charge on any atom is 0.338 e. The van der Waals surface area contributed by atoms with Gasteiger partial charge in [0.15, 0.2) is 16.3 Å². The largest absolute Gasteiger partial charge is 0.493 e. The summed E-state index contributed by atoms with van der Waals surface area (Å²) in [5, 5.41) is 0. The number of esters is 1. The van der Waals surface area contributed by atoms with Gasteiger partial charge in [-0.1, -0.05) is 41.5 Å². The minimum atomic E-state index is -0.828. The van der Waals surface area contributed by atoms with Crippen LogP contribution in [0, 0.1) is 18.2 Å². The maximum absolute atomic E-state index is 13.7. The van der Waals surface area contributed by atoms with Crippen molar-refractivity contribution in [2.24, 2.45) is 4.99 Å². The molecule has 0 saturated heterocycles. The van der Waals surface area contributed by atoms with Gasteiger partial charge in [-0.15, -0.1) is 6.42 Å². The first kappa shape index (κ1) is 24.9. The average molecular weight is 507 g/mol. The highest BCUT2D eigenvalue weighted by Crippen LogP contribution is 2.32. The lowest BCUT2D eigenvalue weighted by Gasteiger charge is -2.24. The molecule has 9 heteroatoms. The number of carbonyl (C=O) groups is 1. The van der Waals surface area contributed by atoms with Crippen LogP contribution < -0.4 is 24.4 Å². The first-order valence-electron chi connectivity index (χ1n) is 11.1. The molecule has 3 aromatic rings. The van der Waals surface area contributed by atoms with Crippen LogP contribution in [0.25, 0.3) is 6.08 Å². The summed E-state index contributed by atoms with van der Waals surface area (Å²) in [4.78, 5) is 31.6. The number of rotatable bonds is 7. The van der Waals surface area contributed by atoms with Crippen molar-refractivity contribution in [2.45, 2.75) is 19.9 Å². The lowest BCUT2D eigenvalue weighted by atomic mass is 9.96. The number of terminal acetylenes is 1. The highest BCUT2D eigenvalue weighted by molar-refractivity contribution is 7.07. The van der Waals surface area contributed by atoms with E-state index in [-0.39, 0.29) is 24.3 Å². The van der Waals surface area contributed by atoms with Gasteiger partial charge in [-0.2, -0.15) is 0 Å². The van der Waals surface area contributed by atoms with Crippen molar-refractivity contribution in [3.63, 3.8) is 0 Å². The molecule has 0 bridgehead atoms. The molecule has 0 unspecified atom stereocenters. The van der Waals surface area contributed by atoms with E-state index in [0.717, 1.165) is 0 Å². The van der Waals surface area contributed by atoms with Crippen molar-refractivity contribution in [1.82, 2.24) is 4.57 Å². The number of benzene rings is 2. The smallest absolute Gasteiger partial charge is 0.338 e. The molecule has 0 fully saturated rings. The normalized spacial score (nSPS) is 15.1. The van der Waals surface area contributed by atoms with E-state index in [0.29, 0.717) is 37.7 Å². The lowest BCUT2D eigenvalue weighted by molar-refractivity contribution is -0.139. The fraction of sp³-hybridized carbons (Fsp3) is 0.222. The average Bonchev–Trinajstić information content (AvgIpc) is 3.17. The van der Waals surface area contributed by atoms with E-state index in [2.05, 4.69) is 10.9 Å². The van der Waals surface area contributed by atoms with Gasteiger partial charge >= 0.3 is 5.97 Å². The Balaban J connectivity index is 1.95. The highest BCUT2D eigenvalue weighted by atomic mass is 32.1. The van der Waals surface area contributed by atoms with Crippen LogP contribution in [0.15, 0.2) is 63.5 Å². The molecular formula is C27H23FN2O5S. The number of fused-ring (bicyclic) bond motifs is 1. The number of aromatic nitrogens is 1. The highest BCUT2D eigenvalue weighted by Gasteiger charge is 2.33. The molecule has 1 atom stereocenters. The van der Waals surface area contributed by atoms with Gasteiger partial charge in [0, 0.05) is 5.56 Å². The molecule has 36 heavy (non-hydrogen) atoms. The molecule has 0 N–H and O–H groups in total. The number of para-hydroxylation sites is 1. The molecule has 1 aromatic heterocycles. The van der Waals surface area contributed by atoms with Gasteiger partial charge in [-0.3, -0.25) is 9.36 Å². The molecule has 2 heterocycles. The Morgan fingerprint density at radius 1 is 1.28 bits per heavy atom. The predicted molar refractivity (Wildman–Crippen MR) is 134 cm³/mol. The quantitative estimate of drug-likeness (QED) is 0.364. The second-order valence-corrected chi connectivity index (χ2v) is 8.73. The molecule has 0 saturated carbocycles. The molecule has 2 aromatic carbocycles. The zero-order valence-corrected chi connectivity index (χ0v) is 20.7. The third-order valence-corrected chi connectivity index (χ3v) is 6.50. The molecule has 4 rings (SSSR count). The molecule has 0 spiro atoms. The minimum absolute atomic E-state index is 0.0229. The maximum atomic E-state index is 13.7. The van der Waals surface area contributed by atoms with Gasteiger partial charge in [-0.25, -0.2) is 14.2 Å². The van der Waals surface area contributed by atoms with Gasteiger partial charge < -0.3 is 14.2 Å². The number of carbonyl (C=O) groups excluding carboxylic acids is 1. The van der Waals surface area contributed by atoms with Crippen LogP contribution in [0.3, 0.4) is 0 Å². The predicted octanol–water partition coefficient (Wildman–Crippen LogP) is 2.96. The second kappa shape index (κ2) is 10.6. The molecule has 7 nitrogen and oxygen atoms in total. The summed E-state index contributed by atoms with van der Waals surface area (Å²) in [5.74, 6) is 2.28. The second-order valence-electron chi connectivity index (χ2n) is 7.73. The molecule has 0 aliphatic carbocycles. The van der Waals surface area contributed by atoms with Gasteiger partial charge in [0.1, 0.15) is 12.4 Å². The van der Waals surface area contributed by atoms with Gasteiger partial charge in [-0.05, 0) is 43.7 Å². The number of allylic oxidation sites excluding steroid dienone is 1. The Hall–Kier alpha value is -4.16. The SMILES string of the molecule is C#CCOc1c(/C=c2\sc3n(c2=O)[C@H](c2ccc(F)cc2)C(C(=O)OCC)=C(C)N=3)cccc1OC. The Labute approximate surface area is 210 Å². The Morgan fingerprint density at radius 2 is 2.03 bits per heavy atom. The van der Waals surface area contributed by atoms with Crippen molar-refractivity contribution >= 4 is 23.4 Å². The number of methoxy groups -OCH3 is 1. The van der Waals surface area contributed by atoms with Crippen LogP contribution in [0.5, 0.6) is 11.5 Å². The summed E-state index contributed by atoms with van der Waals surface area (Å²) in [7, 11) is 1.51. The zero-order valence-electron chi connectivity index (χ0n) is 19.9. The number of halogens is 1.